The lowest BCUT2D eigenvalue weighted by molar-refractivity contribution is 0.0746. The summed E-state index contributed by atoms with van der Waals surface area (Å²) in [6.07, 6.45) is 3.75. The first kappa shape index (κ1) is 18.0. The zero-order chi connectivity index (χ0) is 19.6. The third-order valence-corrected chi connectivity index (χ3v) is 5.83. The highest BCUT2D eigenvalue weighted by molar-refractivity contribution is 5.95. The first-order valence-electron chi connectivity index (χ1n) is 10.3. The minimum atomic E-state index is 0.0227. The van der Waals surface area contributed by atoms with Gasteiger partial charge in [0.15, 0.2) is 23.1 Å². The Balaban J connectivity index is 1.19. The second-order valence-corrected chi connectivity index (χ2v) is 7.64. The average Bonchev–Trinajstić information content (AvgIpc) is 3.27. The number of benzene rings is 1. The van der Waals surface area contributed by atoms with Crippen LogP contribution >= 0.6 is 0 Å². The van der Waals surface area contributed by atoms with E-state index in [0.29, 0.717) is 30.2 Å². The van der Waals surface area contributed by atoms with Crippen molar-refractivity contribution in [2.45, 2.75) is 19.3 Å². The zero-order valence-corrected chi connectivity index (χ0v) is 16.4. The molecule has 3 aliphatic heterocycles. The van der Waals surface area contributed by atoms with E-state index in [2.05, 4.69) is 26.1 Å². The highest BCUT2D eigenvalue weighted by atomic mass is 16.7. The van der Waals surface area contributed by atoms with Gasteiger partial charge in [-0.15, -0.1) is 10.2 Å². The molecule has 0 spiro atoms. The number of hydrogen-bond donors (Lipinski definition) is 0. The van der Waals surface area contributed by atoms with E-state index in [4.69, 9.17) is 9.47 Å². The van der Waals surface area contributed by atoms with E-state index < -0.39 is 0 Å². The van der Waals surface area contributed by atoms with Gasteiger partial charge in [-0.2, -0.15) is 0 Å². The molecule has 2 aromatic rings. The van der Waals surface area contributed by atoms with Crippen LogP contribution in [0, 0.1) is 0 Å². The molecule has 5 rings (SSSR count). The molecule has 152 valence electrons. The van der Waals surface area contributed by atoms with Gasteiger partial charge in [-0.1, -0.05) is 0 Å². The van der Waals surface area contributed by atoms with Gasteiger partial charge in [-0.25, -0.2) is 0 Å². The quantitative estimate of drug-likeness (QED) is 0.789. The number of piperazine rings is 1. The van der Waals surface area contributed by atoms with Crippen LogP contribution in [0.4, 0.5) is 11.6 Å². The lowest BCUT2D eigenvalue weighted by Crippen LogP contribution is -2.49. The summed E-state index contributed by atoms with van der Waals surface area (Å²) in [5.41, 5.74) is 0.633. The van der Waals surface area contributed by atoms with Crippen LogP contribution in [0.25, 0.3) is 0 Å². The Bertz CT molecular complexity index is 874. The summed E-state index contributed by atoms with van der Waals surface area (Å²) in [7, 11) is 0. The summed E-state index contributed by atoms with van der Waals surface area (Å²) < 4.78 is 10.7. The number of amides is 1. The SMILES string of the molecule is O=C(c1ccc2c(c1)OCO2)N1CCN(c2ccc(N3CCCCC3)nn2)CC1. The maximum atomic E-state index is 12.8. The number of anilines is 2. The molecule has 2 fully saturated rings. The van der Waals surface area contributed by atoms with Crippen molar-refractivity contribution < 1.29 is 14.3 Å². The van der Waals surface area contributed by atoms with Crippen LogP contribution in [0.2, 0.25) is 0 Å². The molecule has 0 aliphatic carbocycles. The Kier molecular flexibility index (Phi) is 4.83. The molecule has 8 heteroatoms. The monoisotopic (exact) mass is 395 g/mol. The fourth-order valence-electron chi connectivity index (χ4n) is 4.13. The van der Waals surface area contributed by atoms with Crippen molar-refractivity contribution in [2.24, 2.45) is 0 Å². The molecule has 1 aromatic heterocycles. The van der Waals surface area contributed by atoms with Gasteiger partial charge in [0.2, 0.25) is 6.79 Å². The third kappa shape index (κ3) is 3.66. The van der Waals surface area contributed by atoms with Crippen molar-refractivity contribution >= 4 is 17.5 Å². The van der Waals surface area contributed by atoms with E-state index in [1.54, 1.807) is 18.2 Å². The first-order chi connectivity index (χ1) is 14.3. The van der Waals surface area contributed by atoms with Gasteiger partial charge in [0, 0.05) is 44.8 Å². The normalized spacial score (nSPS) is 18.8. The van der Waals surface area contributed by atoms with Gasteiger partial charge in [0.1, 0.15) is 0 Å². The van der Waals surface area contributed by atoms with Crippen molar-refractivity contribution in [2.75, 3.05) is 55.9 Å². The molecule has 1 aromatic carbocycles. The van der Waals surface area contributed by atoms with Gasteiger partial charge in [-0.3, -0.25) is 4.79 Å². The number of carbonyl (C=O) groups excluding carboxylic acids is 1. The molecule has 0 N–H and O–H groups in total. The van der Waals surface area contributed by atoms with E-state index >= 15 is 0 Å². The Morgan fingerprint density at radius 3 is 2.10 bits per heavy atom. The molecule has 4 heterocycles. The summed E-state index contributed by atoms with van der Waals surface area (Å²) >= 11 is 0. The molecule has 0 saturated carbocycles. The number of hydrogen-bond acceptors (Lipinski definition) is 7. The average molecular weight is 395 g/mol. The van der Waals surface area contributed by atoms with Crippen molar-refractivity contribution in [3.8, 4) is 11.5 Å². The van der Waals surface area contributed by atoms with Gasteiger partial charge in [0.25, 0.3) is 5.91 Å². The van der Waals surface area contributed by atoms with Crippen LogP contribution in [-0.4, -0.2) is 67.1 Å². The summed E-state index contributed by atoms with van der Waals surface area (Å²) in [6, 6.07) is 9.48. The number of carbonyl (C=O) groups is 1. The minimum absolute atomic E-state index is 0.0227. The minimum Gasteiger partial charge on any atom is -0.454 e. The maximum absolute atomic E-state index is 12.8. The molecule has 0 bridgehead atoms. The Labute approximate surface area is 170 Å². The number of aromatic nitrogens is 2. The zero-order valence-electron chi connectivity index (χ0n) is 16.4. The molecule has 8 nitrogen and oxygen atoms in total. The predicted octanol–water partition coefficient (Wildman–Crippen LogP) is 2.16. The van der Waals surface area contributed by atoms with Gasteiger partial charge in [-0.05, 0) is 49.6 Å². The number of rotatable bonds is 3. The smallest absolute Gasteiger partial charge is 0.254 e. The highest BCUT2D eigenvalue weighted by Gasteiger charge is 2.25. The second kappa shape index (κ2) is 7.77. The summed E-state index contributed by atoms with van der Waals surface area (Å²) in [4.78, 5) is 19.2. The van der Waals surface area contributed by atoms with Gasteiger partial charge >= 0.3 is 0 Å². The number of fused-ring (bicyclic) bond motifs is 1. The Morgan fingerprint density at radius 2 is 1.41 bits per heavy atom. The van der Waals surface area contributed by atoms with Crippen LogP contribution in [0.1, 0.15) is 29.6 Å². The van der Waals surface area contributed by atoms with E-state index in [-0.39, 0.29) is 12.7 Å². The van der Waals surface area contributed by atoms with Crippen LogP contribution in [0.3, 0.4) is 0 Å². The van der Waals surface area contributed by atoms with Gasteiger partial charge in [0.05, 0.1) is 0 Å². The molecule has 0 unspecified atom stereocenters. The van der Waals surface area contributed by atoms with E-state index in [0.717, 1.165) is 37.8 Å². The van der Waals surface area contributed by atoms with E-state index in [1.165, 1.54) is 19.3 Å². The lowest BCUT2D eigenvalue weighted by Gasteiger charge is -2.35. The van der Waals surface area contributed by atoms with Gasteiger partial charge < -0.3 is 24.2 Å². The Morgan fingerprint density at radius 1 is 0.759 bits per heavy atom. The molecule has 1 amide bonds. The summed E-state index contributed by atoms with van der Waals surface area (Å²) in [5, 5.41) is 8.89. The molecule has 0 radical (unpaired) electrons. The summed E-state index contributed by atoms with van der Waals surface area (Å²) in [5.74, 6) is 3.19. The number of piperidine rings is 1. The number of nitrogens with zero attached hydrogens (tertiary/aromatic N) is 5. The van der Waals surface area contributed by atoms with Crippen LogP contribution in [0.15, 0.2) is 30.3 Å². The topological polar surface area (TPSA) is 71.0 Å². The van der Waals surface area contributed by atoms with Crippen molar-refractivity contribution in [3.63, 3.8) is 0 Å². The summed E-state index contributed by atoms with van der Waals surface area (Å²) in [6.45, 7) is 5.14. The molecular formula is C21H25N5O3. The maximum Gasteiger partial charge on any atom is 0.254 e. The van der Waals surface area contributed by atoms with Crippen LogP contribution in [0.5, 0.6) is 11.5 Å². The van der Waals surface area contributed by atoms with Crippen LogP contribution in [-0.2, 0) is 0 Å². The molecule has 3 aliphatic rings. The molecule has 2 saturated heterocycles. The molecule has 0 atom stereocenters. The Hall–Kier alpha value is -3.03. The second-order valence-electron chi connectivity index (χ2n) is 7.64. The number of ether oxygens (including phenoxy) is 2. The lowest BCUT2D eigenvalue weighted by atomic mass is 10.1. The van der Waals surface area contributed by atoms with Crippen molar-refractivity contribution in [1.82, 2.24) is 15.1 Å². The predicted molar refractivity (Wildman–Crippen MR) is 109 cm³/mol. The van der Waals surface area contributed by atoms with Crippen molar-refractivity contribution in [1.29, 1.82) is 0 Å². The van der Waals surface area contributed by atoms with Crippen LogP contribution < -0.4 is 19.3 Å². The first-order valence-corrected chi connectivity index (χ1v) is 10.3. The standard InChI is InChI=1S/C21H25N5O3/c27-21(16-4-5-17-18(14-16)29-15-28-17)26-12-10-25(11-13-26)20-7-6-19(22-23-20)24-8-2-1-3-9-24/h4-7,14H,1-3,8-13,15H2. The largest absolute Gasteiger partial charge is 0.454 e. The fraction of sp³-hybridized carbons (Fsp3) is 0.476. The molecular weight excluding hydrogens is 370 g/mol. The van der Waals surface area contributed by atoms with Crippen molar-refractivity contribution in [3.05, 3.63) is 35.9 Å². The van der Waals surface area contributed by atoms with E-state index in [9.17, 15) is 4.79 Å². The highest BCUT2D eigenvalue weighted by Crippen LogP contribution is 2.33. The third-order valence-electron chi connectivity index (χ3n) is 5.83. The fourth-order valence-corrected chi connectivity index (χ4v) is 4.13. The van der Waals surface area contributed by atoms with E-state index in [1.807, 2.05) is 11.0 Å². The molecule has 29 heavy (non-hydrogen) atoms.